The summed E-state index contributed by atoms with van der Waals surface area (Å²) in [6.45, 7) is 9.04. The highest BCUT2D eigenvalue weighted by Crippen LogP contribution is 2.33. The van der Waals surface area contributed by atoms with E-state index < -0.39 is 0 Å². The number of nitrogens with zero attached hydrogens (tertiary/aromatic N) is 14. The topological polar surface area (TPSA) is 240 Å². The molecule has 2 aromatic carbocycles. The van der Waals surface area contributed by atoms with Crippen LogP contribution in [-0.4, -0.2) is 133 Å². The number of benzene rings is 2. The van der Waals surface area contributed by atoms with Crippen LogP contribution in [0, 0.1) is 13.8 Å². The third-order valence-electron chi connectivity index (χ3n) is 13.7. The number of aryl methyl sites for hydroxylation is 2. The Kier molecular flexibility index (Phi) is 13.8. The summed E-state index contributed by atoms with van der Waals surface area (Å²) in [7, 11) is 3.46. The summed E-state index contributed by atoms with van der Waals surface area (Å²) >= 11 is 0. The van der Waals surface area contributed by atoms with Gasteiger partial charge in [0.2, 0.25) is 0 Å². The first-order valence-corrected chi connectivity index (χ1v) is 24.5. The molecule has 2 fully saturated rings. The van der Waals surface area contributed by atoms with Gasteiger partial charge in [-0.3, -0.25) is 9.80 Å². The number of aromatic nitrogens is 12. The van der Waals surface area contributed by atoms with Crippen LogP contribution in [-0.2, 0) is 22.6 Å². The van der Waals surface area contributed by atoms with E-state index in [1.54, 1.807) is 35.9 Å². The molecule has 0 unspecified atom stereocenters. The van der Waals surface area contributed by atoms with Crippen LogP contribution in [0.2, 0.25) is 0 Å². The summed E-state index contributed by atoms with van der Waals surface area (Å²) in [6.07, 6.45) is 15.6. The predicted octanol–water partition coefficient (Wildman–Crippen LogP) is 6.33. The first-order valence-electron chi connectivity index (χ1n) is 24.5. The van der Waals surface area contributed by atoms with Crippen LogP contribution in [0.4, 0.5) is 23.0 Å². The number of methoxy groups -OCH3 is 2. The number of fused-ring (bicyclic) bond motifs is 4. The van der Waals surface area contributed by atoms with Gasteiger partial charge in [-0.1, -0.05) is 0 Å². The number of piperidine rings is 2. The van der Waals surface area contributed by atoms with Gasteiger partial charge in [-0.15, -0.1) is 0 Å². The molecular formula is C52H58N18O4. The van der Waals surface area contributed by atoms with Gasteiger partial charge in [-0.2, -0.15) is 20.4 Å². The number of hydrogen-bond acceptors (Lipinski definition) is 18. The van der Waals surface area contributed by atoms with Gasteiger partial charge in [0, 0.05) is 114 Å². The van der Waals surface area contributed by atoms with E-state index in [0.717, 1.165) is 131 Å². The SMILES string of the molecule is CO[C@@H]1CN(Cc2ccn3ncnc(Nc4ccc(Oc5ccn6ncnc6c5)c(C)c4)c23)CC[C@H]1N.CO[C@H]1CN(Cc2ccn3ncnc(Nc4ccc(Oc5ccn6ncnc6c5)c(C)c4)c23)CC[C@@H]1N. The summed E-state index contributed by atoms with van der Waals surface area (Å²) in [6, 6.07) is 23.7. The van der Waals surface area contributed by atoms with Crippen molar-refractivity contribution in [2.24, 2.45) is 11.5 Å². The number of pyridine rings is 2. The van der Waals surface area contributed by atoms with Crippen molar-refractivity contribution < 1.29 is 18.9 Å². The Morgan fingerprint density at radius 1 is 0.527 bits per heavy atom. The molecule has 4 atom stereocenters. The molecule has 6 N–H and O–H groups in total. The lowest BCUT2D eigenvalue weighted by Gasteiger charge is -2.35. The maximum Gasteiger partial charge on any atom is 0.158 e. The van der Waals surface area contributed by atoms with E-state index in [4.69, 9.17) is 30.4 Å². The van der Waals surface area contributed by atoms with Crippen LogP contribution in [0.3, 0.4) is 0 Å². The van der Waals surface area contributed by atoms with Crippen molar-refractivity contribution in [1.29, 1.82) is 0 Å². The molecule has 2 aliphatic heterocycles. The summed E-state index contributed by atoms with van der Waals surface area (Å²) in [4.78, 5) is 22.3. The Labute approximate surface area is 425 Å². The van der Waals surface area contributed by atoms with Gasteiger partial charge in [-0.25, -0.2) is 38.0 Å². The number of nitrogens with two attached hydrogens (primary N) is 2. The van der Waals surface area contributed by atoms with Crippen LogP contribution < -0.4 is 31.6 Å². The standard InChI is InChI=1S/2C26H29N9O2/c2*1-17-11-19(3-4-22(17)37-20-6-10-34-24(12-20)28-15-30-34)32-26-25-18(5-9-35(25)31-16-29-26)13-33-8-7-21(27)23(14-33)36-2/h2*3-6,9-12,15-16,21,23H,7-8,13-14,27H2,1-2H3,(H,29,31,32)/t2*21-,23-/m10/s1. The number of nitrogens with one attached hydrogen (secondary N) is 2. The van der Waals surface area contributed by atoms with Gasteiger partial charge in [-0.05, 0) is 110 Å². The zero-order valence-electron chi connectivity index (χ0n) is 41.6. The lowest BCUT2D eigenvalue weighted by atomic mass is 10.0. The Hall–Kier alpha value is -8.12. The summed E-state index contributed by atoms with van der Waals surface area (Å²) in [5.41, 5.74) is 21.9. The highest BCUT2D eigenvalue weighted by atomic mass is 16.5. The van der Waals surface area contributed by atoms with Crippen molar-refractivity contribution >= 4 is 45.3 Å². The largest absolute Gasteiger partial charge is 0.457 e. The van der Waals surface area contributed by atoms with E-state index in [0.29, 0.717) is 11.5 Å². The minimum atomic E-state index is 0.0402. The molecule has 8 aromatic heterocycles. The molecule has 0 spiro atoms. The van der Waals surface area contributed by atoms with E-state index in [1.165, 1.54) is 12.7 Å². The van der Waals surface area contributed by atoms with Crippen LogP contribution in [0.25, 0.3) is 22.3 Å². The molecule has 0 bridgehead atoms. The molecule has 2 saturated heterocycles. The van der Waals surface area contributed by atoms with Crippen molar-refractivity contribution in [3.63, 3.8) is 0 Å². The molecule has 380 valence electrons. The Morgan fingerprint density at radius 2 is 0.946 bits per heavy atom. The van der Waals surface area contributed by atoms with Crippen molar-refractivity contribution in [2.75, 3.05) is 51.0 Å². The predicted molar refractivity (Wildman–Crippen MR) is 278 cm³/mol. The second kappa shape index (κ2) is 21.2. The van der Waals surface area contributed by atoms with Crippen molar-refractivity contribution in [3.05, 3.63) is 145 Å². The molecule has 0 radical (unpaired) electrons. The molecule has 0 aliphatic carbocycles. The molecule has 0 saturated carbocycles. The van der Waals surface area contributed by atoms with E-state index in [2.05, 4.69) is 72.9 Å². The molecule has 74 heavy (non-hydrogen) atoms. The molecule has 2 aliphatic rings. The smallest absolute Gasteiger partial charge is 0.158 e. The van der Waals surface area contributed by atoms with Gasteiger partial charge in [0.05, 0.1) is 12.2 Å². The minimum Gasteiger partial charge on any atom is -0.457 e. The molecule has 22 nitrogen and oxygen atoms in total. The molecular weight excluding hydrogens is 941 g/mol. The van der Waals surface area contributed by atoms with Crippen LogP contribution >= 0.6 is 0 Å². The van der Waals surface area contributed by atoms with E-state index >= 15 is 0 Å². The Balaban J connectivity index is 0.000000159. The maximum absolute atomic E-state index is 6.21. The normalized spacial score (nSPS) is 18.5. The van der Waals surface area contributed by atoms with E-state index in [1.807, 2.05) is 108 Å². The molecule has 0 amide bonds. The second-order valence-corrected chi connectivity index (χ2v) is 18.7. The number of anilines is 4. The average Bonchev–Trinajstić information content (AvgIpc) is 4.25. The molecule has 10 aromatic rings. The van der Waals surface area contributed by atoms with Crippen LogP contribution in [0.1, 0.15) is 35.1 Å². The molecule has 22 heteroatoms. The average molecular weight is 999 g/mol. The van der Waals surface area contributed by atoms with Gasteiger partial charge < -0.3 is 41.0 Å². The van der Waals surface area contributed by atoms with Crippen LogP contribution in [0.15, 0.2) is 123 Å². The molecule has 10 heterocycles. The number of ether oxygens (including phenoxy) is 4. The zero-order valence-corrected chi connectivity index (χ0v) is 41.6. The number of likely N-dealkylation sites (tertiary alicyclic amines) is 2. The monoisotopic (exact) mass is 998 g/mol. The van der Waals surface area contributed by atoms with Gasteiger partial charge in [0.15, 0.2) is 22.9 Å². The lowest BCUT2D eigenvalue weighted by Crippen LogP contribution is -2.51. The van der Waals surface area contributed by atoms with E-state index in [9.17, 15) is 0 Å². The fourth-order valence-electron chi connectivity index (χ4n) is 9.67. The first-order chi connectivity index (χ1) is 36.1. The van der Waals surface area contributed by atoms with Gasteiger partial charge in [0.1, 0.15) is 59.3 Å². The highest BCUT2D eigenvalue weighted by Gasteiger charge is 2.29. The van der Waals surface area contributed by atoms with Gasteiger partial charge >= 0.3 is 0 Å². The number of hydrogen-bond donors (Lipinski definition) is 4. The Bertz CT molecular complexity index is 3320. The first kappa shape index (κ1) is 48.2. The van der Waals surface area contributed by atoms with Crippen molar-refractivity contribution in [3.8, 4) is 23.0 Å². The third kappa shape index (κ3) is 10.4. The minimum absolute atomic E-state index is 0.0402. The lowest BCUT2D eigenvalue weighted by molar-refractivity contribution is 0.0141. The van der Waals surface area contributed by atoms with Crippen molar-refractivity contribution in [2.45, 2.75) is 64.1 Å². The maximum atomic E-state index is 6.21. The summed E-state index contributed by atoms with van der Waals surface area (Å²) in [5.74, 6) is 4.43. The van der Waals surface area contributed by atoms with Gasteiger partial charge in [0.25, 0.3) is 0 Å². The van der Waals surface area contributed by atoms with Crippen molar-refractivity contribution in [1.82, 2.24) is 68.2 Å². The molecule has 12 rings (SSSR count). The summed E-state index contributed by atoms with van der Waals surface area (Å²) in [5, 5.41) is 24.0. The summed E-state index contributed by atoms with van der Waals surface area (Å²) < 4.78 is 30.5. The fourth-order valence-corrected chi connectivity index (χ4v) is 9.67. The fraction of sp³-hybridized carbons (Fsp3) is 0.308. The van der Waals surface area contributed by atoms with Crippen LogP contribution in [0.5, 0.6) is 23.0 Å². The third-order valence-corrected chi connectivity index (χ3v) is 13.7. The highest BCUT2D eigenvalue weighted by molar-refractivity contribution is 5.78. The van der Waals surface area contributed by atoms with E-state index in [-0.39, 0.29) is 24.3 Å². The Morgan fingerprint density at radius 3 is 1.38 bits per heavy atom. The number of rotatable bonds is 14. The second-order valence-electron chi connectivity index (χ2n) is 18.7. The quantitative estimate of drug-likeness (QED) is 0.0931. The zero-order chi connectivity index (χ0) is 50.7.